The second-order valence-electron chi connectivity index (χ2n) is 0.447. The Morgan fingerprint density at radius 2 is 1.17 bits per heavy atom. The van der Waals surface area contributed by atoms with Gasteiger partial charge < -0.3 is 0 Å². The largest absolute Gasteiger partial charge is 3.00 e. The van der Waals surface area contributed by atoms with E-state index in [-0.39, 0.29) is 39.9 Å². The first-order chi connectivity index (χ1) is 2.00. The molecular formula is AsGdO4. The van der Waals surface area contributed by atoms with E-state index in [1.807, 2.05) is 0 Å². The fraction of sp³-hybridized carbons (Fsp3) is 0. The summed E-state index contributed by atoms with van der Waals surface area (Å²) in [6, 6.07) is 0. The minimum Gasteiger partial charge on any atom is 3.00 e. The Bertz CT molecular complexity index is 53.7. The third-order valence-corrected chi connectivity index (χ3v) is 0. The summed E-state index contributed by atoms with van der Waals surface area (Å²) in [6.45, 7) is 0. The average molecular weight is 296 g/mol. The monoisotopic (exact) mass is 297 g/mol. The zero-order valence-electron chi connectivity index (χ0n) is 2.43. The first-order valence-corrected chi connectivity index (χ1v) is 3.79. The molecule has 0 aromatic carbocycles. The summed E-state index contributed by atoms with van der Waals surface area (Å²) in [4.78, 5) is 0. The maximum absolute atomic E-state index is 8.61. The molecule has 0 aliphatic carbocycles. The zero-order chi connectivity index (χ0) is 4.50. The third kappa shape index (κ3) is 47.4. The van der Waals surface area contributed by atoms with Crippen LogP contribution in [0, 0.1) is 39.9 Å². The molecule has 0 heterocycles. The molecule has 37 valence electrons. The molecule has 6 heteroatoms. The Morgan fingerprint density at radius 1 is 1.17 bits per heavy atom. The standard InChI is InChI=1S/AsH3O4.Gd/c2-1(3,4)5;/h(H3,2,3,4,5);/q;+3/p-3. The van der Waals surface area contributed by atoms with Gasteiger partial charge in [-0.2, -0.15) is 0 Å². The minimum atomic E-state index is -5.88. The van der Waals surface area contributed by atoms with Crippen LogP contribution in [-0.2, 0) is 3.74 Å². The Hall–Kier alpha value is 1.56. The maximum atomic E-state index is 8.61. The first-order valence-electron chi connectivity index (χ1n) is 0.730. The van der Waals surface area contributed by atoms with Crippen molar-refractivity contribution in [3.05, 3.63) is 0 Å². The van der Waals surface area contributed by atoms with Crippen LogP contribution in [0.4, 0.5) is 0 Å². The summed E-state index contributed by atoms with van der Waals surface area (Å²) < 4.78 is 34.4. The topological polar surface area (TPSA) is 86.2 Å². The van der Waals surface area contributed by atoms with Crippen LogP contribution in [0.15, 0.2) is 0 Å². The van der Waals surface area contributed by atoms with Gasteiger partial charge in [0, 0.05) is 0 Å². The van der Waals surface area contributed by atoms with Crippen LogP contribution in [0.3, 0.4) is 0 Å². The van der Waals surface area contributed by atoms with Gasteiger partial charge in [0.15, 0.2) is 0 Å². The van der Waals surface area contributed by atoms with Crippen LogP contribution < -0.4 is 12.3 Å². The van der Waals surface area contributed by atoms with E-state index in [4.69, 9.17) is 16.0 Å². The van der Waals surface area contributed by atoms with Crippen molar-refractivity contribution in [2.24, 2.45) is 0 Å². The number of rotatable bonds is 0. The summed E-state index contributed by atoms with van der Waals surface area (Å²) in [7, 11) is 0. The molecule has 0 aromatic heterocycles. The molecule has 0 aromatic rings. The van der Waals surface area contributed by atoms with E-state index in [1.165, 1.54) is 0 Å². The van der Waals surface area contributed by atoms with E-state index >= 15 is 0 Å². The minimum absolute atomic E-state index is 0. The van der Waals surface area contributed by atoms with Crippen molar-refractivity contribution >= 4 is 14.5 Å². The molecule has 0 fully saturated rings. The molecule has 0 aliphatic rings. The zero-order valence-corrected chi connectivity index (χ0v) is 6.58. The third-order valence-electron chi connectivity index (χ3n) is 0. The predicted octanol–water partition coefficient (Wildman–Crippen LogP) is -4.07. The van der Waals surface area contributed by atoms with E-state index in [0.29, 0.717) is 0 Å². The molecule has 4 nitrogen and oxygen atoms in total. The molecule has 0 rings (SSSR count). The fourth-order valence-electron chi connectivity index (χ4n) is 0. The molecular weight excluding hydrogens is 296 g/mol. The summed E-state index contributed by atoms with van der Waals surface area (Å²) in [6.07, 6.45) is 0. The van der Waals surface area contributed by atoms with Crippen molar-refractivity contribution in [1.29, 1.82) is 0 Å². The first kappa shape index (κ1) is 10.5. The van der Waals surface area contributed by atoms with Gasteiger partial charge >= 0.3 is 70.5 Å². The van der Waals surface area contributed by atoms with E-state index in [1.54, 1.807) is 0 Å². The van der Waals surface area contributed by atoms with Gasteiger partial charge in [-0.15, -0.1) is 0 Å². The smallest absolute Gasteiger partial charge is 3.00 e. The normalized spacial score (nSPS) is 9.83. The van der Waals surface area contributed by atoms with Gasteiger partial charge in [-0.3, -0.25) is 0 Å². The van der Waals surface area contributed by atoms with Gasteiger partial charge in [0.05, 0.1) is 0 Å². The second kappa shape index (κ2) is 3.55. The van der Waals surface area contributed by atoms with E-state index < -0.39 is 14.5 Å². The molecule has 0 unspecified atom stereocenters. The Morgan fingerprint density at radius 3 is 1.17 bits per heavy atom. The maximum Gasteiger partial charge on any atom is 3.00 e. The van der Waals surface area contributed by atoms with Gasteiger partial charge in [-0.25, -0.2) is 0 Å². The quantitative estimate of drug-likeness (QED) is 0.426. The van der Waals surface area contributed by atoms with Crippen LogP contribution in [0.5, 0.6) is 0 Å². The summed E-state index contributed by atoms with van der Waals surface area (Å²) in [5.41, 5.74) is 0. The molecule has 6 heavy (non-hydrogen) atoms. The molecule has 0 spiro atoms. The van der Waals surface area contributed by atoms with Crippen LogP contribution in [0.25, 0.3) is 0 Å². The van der Waals surface area contributed by atoms with Crippen LogP contribution >= 0.6 is 0 Å². The molecule has 0 aliphatic heterocycles. The molecule has 0 saturated carbocycles. The van der Waals surface area contributed by atoms with E-state index in [9.17, 15) is 0 Å². The summed E-state index contributed by atoms with van der Waals surface area (Å²) in [5.74, 6) is 0. The van der Waals surface area contributed by atoms with Gasteiger partial charge in [-0.05, 0) is 0 Å². The van der Waals surface area contributed by atoms with Crippen molar-refractivity contribution in [2.75, 3.05) is 0 Å². The number of hydrogen-bond donors (Lipinski definition) is 0. The van der Waals surface area contributed by atoms with Crippen LogP contribution in [-0.4, -0.2) is 14.5 Å². The van der Waals surface area contributed by atoms with Crippen LogP contribution in [0.1, 0.15) is 0 Å². The fourth-order valence-corrected chi connectivity index (χ4v) is 0. The van der Waals surface area contributed by atoms with Gasteiger partial charge in [0.2, 0.25) is 0 Å². The Kier molecular flexibility index (Phi) is 6.23. The molecule has 0 atom stereocenters. The van der Waals surface area contributed by atoms with Crippen molar-refractivity contribution in [3.63, 3.8) is 0 Å². The van der Waals surface area contributed by atoms with E-state index in [2.05, 4.69) is 0 Å². The molecule has 0 bridgehead atoms. The molecule has 0 saturated heterocycles. The number of hydrogen-bond acceptors (Lipinski definition) is 4. The van der Waals surface area contributed by atoms with Gasteiger partial charge in [-0.1, -0.05) is 0 Å². The molecule has 0 N–H and O–H groups in total. The van der Waals surface area contributed by atoms with Crippen molar-refractivity contribution < 1.29 is 56.0 Å². The summed E-state index contributed by atoms with van der Waals surface area (Å²) in [5, 5.41) is 0. The average Bonchev–Trinajstić information content (AvgIpc) is 0.722. The SMILES string of the molecule is O=[As]([O-])([O-])[O-].[Gd+3]. The summed E-state index contributed by atoms with van der Waals surface area (Å²) >= 11 is -5.88. The Balaban J connectivity index is 0. The molecule has 1 radical (unpaired) electrons. The van der Waals surface area contributed by atoms with Crippen LogP contribution in [0.2, 0.25) is 0 Å². The van der Waals surface area contributed by atoms with Gasteiger partial charge in [0.25, 0.3) is 0 Å². The van der Waals surface area contributed by atoms with Crippen molar-refractivity contribution in [3.8, 4) is 0 Å². The van der Waals surface area contributed by atoms with Gasteiger partial charge in [0.1, 0.15) is 0 Å². The second-order valence-corrected chi connectivity index (χ2v) is 2.32. The van der Waals surface area contributed by atoms with E-state index in [0.717, 1.165) is 0 Å². The Labute approximate surface area is 69.6 Å². The van der Waals surface area contributed by atoms with Crippen molar-refractivity contribution in [1.82, 2.24) is 0 Å². The molecule has 0 amide bonds. The predicted molar refractivity (Wildman–Crippen MR) is 6.44 cm³/mol. The van der Waals surface area contributed by atoms with Crippen molar-refractivity contribution in [2.45, 2.75) is 0 Å².